The number of ether oxygens (including phenoxy) is 1. The van der Waals surface area contributed by atoms with Gasteiger partial charge in [-0.15, -0.1) is 0 Å². The van der Waals surface area contributed by atoms with Crippen LogP contribution >= 0.6 is 11.6 Å². The predicted octanol–water partition coefficient (Wildman–Crippen LogP) is 3.06. The van der Waals surface area contributed by atoms with Crippen LogP contribution in [-0.4, -0.2) is 17.6 Å². The number of hydrogen-bond donors (Lipinski definition) is 0. The highest BCUT2D eigenvalue weighted by Gasteiger charge is 2.21. The summed E-state index contributed by atoms with van der Waals surface area (Å²) in [6, 6.07) is 6.36. The summed E-state index contributed by atoms with van der Waals surface area (Å²) in [6.45, 7) is 5.55. The molecule has 0 fully saturated rings. The highest BCUT2D eigenvalue weighted by atomic mass is 35.5. The molecule has 0 N–H and O–H groups in total. The molecule has 0 saturated carbocycles. The van der Waals surface area contributed by atoms with Crippen LogP contribution in [0.5, 0.6) is 5.75 Å². The molecule has 0 aliphatic carbocycles. The van der Waals surface area contributed by atoms with Gasteiger partial charge in [-0.25, -0.2) is 0 Å². The van der Waals surface area contributed by atoms with Gasteiger partial charge >= 0.3 is 0 Å². The van der Waals surface area contributed by atoms with Crippen molar-refractivity contribution in [1.29, 1.82) is 0 Å². The van der Waals surface area contributed by atoms with E-state index in [2.05, 4.69) is 0 Å². The lowest BCUT2D eigenvalue weighted by atomic mass is 9.91. The normalized spacial score (nSPS) is 11.1. The summed E-state index contributed by atoms with van der Waals surface area (Å²) in [5.41, 5.74) is -0.00681. The second kappa shape index (κ2) is 5.32. The Bertz CT molecular complexity index is 415. The summed E-state index contributed by atoms with van der Waals surface area (Å²) in [4.78, 5) is 22.4. The zero-order chi connectivity index (χ0) is 13.1. The van der Waals surface area contributed by atoms with Gasteiger partial charge < -0.3 is 4.74 Å². The van der Waals surface area contributed by atoms with Gasteiger partial charge in [-0.1, -0.05) is 20.8 Å². The molecule has 3 nitrogen and oxygen atoms in total. The fraction of sp³-hybridized carbons (Fsp3) is 0.385. The molecule has 4 heteroatoms. The number of rotatable bonds is 4. The largest absolute Gasteiger partial charge is 0.486 e. The molecule has 0 bridgehead atoms. The van der Waals surface area contributed by atoms with Gasteiger partial charge in [0.15, 0.2) is 5.78 Å². The third kappa shape index (κ3) is 4.19. The first-order valence-corrected chi connectivity index (χ1v) is 5.64. The Morgan fingerprint density at radius 3 is 2.12 bits per heavy atom. The van der Waals surface area contributed by atoms with E-state index >= 15 is 0 Å². The third-order valence-corrected chi connectivity index (χ3v) is 2.51. The fourth-order valence-electron chi connectivity index (χ4n) is 1.05. The maximum Gasteiger partial charge on any atom is 0.252 e. The molecule has 1 rings (SSSR count). The molecule has 0 aliphatic heterocycles. The number of ketones is 1. The fourth-order valence-corrected chi connectivity index (χ4v) is 1.17. The molecule has 1 aromatic rings. The molecule has 0 radical (unpaired) electrons. The van der Waals surface area contributed by atoms with Gasteiger partial charge in [-0.2, -0.15) is 0 Å². The number of carbonyl (C=O) groups is 2. The summed E-state index contributed by atoms with van der Waals surface area (Å²) in [5.74, 6) is 0.569. The summed E-state index contributed by atoms with van der Waals surface area (Å²) < 4.78 is 5.33. The molecule has 1 aromatic carbocycles. The number of Topliss-reactive ketones (excluding diaryl/α,β-unsaturated/α-hetero) is 1. The Morgan fingerprint density at radius 1 is 1.18 bits per heavy atom. The van der Waals surface area contributed by atoms with Crippen molar-refractivity contribution in [2.24, 2.45) is 5.41 Å². The molecule has 92 valence electrons. The van der Waals surface area contributed by atoms with Crippen LogP contribution in [0.1, 0.15) is 31.1 Å². The molecule has 0 heterocycles. The first kappa shape index (κ1) is 13.7. The van der Waals surface area contributed by atoms with Crippen molar-refractivity contribution in [2.45, 2.75) is 20.8 Å². The summed E-state index contributed by atoms with van der Waals surface area (Å²) in [6.07, 6.45) is 0. The van der Waals surface area contributed by atoms with Gasteiger partial charge in [0.05, 0.1) is 0 Å². The molecule has 0 atom stereocenters. The average Bonchev–Trinajstić information content (AvgIpc) is 2.25. The smallest absolute Gasteiger partial charge is 0.252 e. The van der Waals surface area contributed by atoms with Gasteiger partial charge in [-0.3, -0.25) is 9.59 Å². The van der Waals surface area contributed by atoms with Crippen LogP contribution in [0.2, 0.25) is 0 Å². The zero-order valence-corrected chi connectivity index (χ0v) is 10.9. The van der Waals surface area contributed by atoms with Crippen LogP contribution in [0.3, 0.4) is 0 Å². The summed E-state index contributed by atoms with van der Waals surface area (Å²) in [7, 11) is 0. The molecular weight excluding hydrogens is 240 g/mol. The Labute approximate surface area is 106 Å². The molecule has 0 aliphatic rings. The molecule has 0 amide bonds. The second-order valence-electron chi connectivity index (χ2n) is 4.76. The minimum Gasteiger partial charge on any atom is -0.486 e. The molecule has 0 saturated heterocycles. The standard InChI is InChI=1S/C13H15ClO3/c1-13(2,3)11(15)8-17-10-6-4-9(5-7-10)12(14)16/h4-7H,8H2,1-3H3. The lowest BCUT2D eigenvalue weighted by Crippen LogP contribution is -2.26. The highest BCUT2D eigenvalue weighted by molar-refractivity contribution is 6.67. The van der Waals surface area contributed by atoms with Crippen molar-refractivity contribution in [3.8, 4) is 5.75 Å². The maximum absolute atomic E-state index is 11.6. The molecule has 0 spiro atoms. The van der Waals surface area contributed by atoms with E-state index in [1.54, 1.807) is 24.3 Å². The highest BCUT2D eigenvalue weighted by Crippen LogP contribution is 2.17. The topological polar surface area (TPSA) is 43.4 Å². The van der Waals surface area contributed by atoms with Crippen molar-refractivity contribution in [2.75, 3.05) is 6.61 Å². The van der Waals surface area contributed by atoms with E-state index < -0.39 is 10.7 Å². The minimum atomic E-state index is -0.512. The minimum absolute atomic E-state index is 0.0231. The molecular formula is C13H15ClO3. The van der Waals surface area contributed by atoms with Crippen LogP contribution in [0.25, 0.3) is 0 Å². The monoisotopic (exact) mass is 254 g/mol. The average molecular weight is 255 g/mol. The first-order valence-electron chi connectivity index (χ1n) is 5.26. The van der Waals surface area contributed by atoms with E-state index in [0.29, 0.717) is 11.3 Å². The van der Waals surface area contributed by atoms with E-state index in [4.69, 9.17) is 16.3 Å². The SMILES string of the molecule is CC(C)(C)C(=O)COc1ccc(C(=O)Cl)cc1. The number of carbonyl (C=O) groups excluding carboxylic acids is 2. The van der Waals surface area contributed by atoms with Crippen LogP contribution in [-0.2, 0) is 4.79 Å². The maximum atomic E-state index is 11.6. The zero-order valence-electron chi connectivity index (χ0n) is 10.1. The Hall–Kier alpha value is -1.35. The van der Waals surface area contributed by atoms with Crippen LogP contribution in [0.4, 0.5) is 0 Å². The van der Waals surface area contributed by atoms with Crippen LogP contribution in [0, 0.1) is 5.41 Å². The van der Waals surface area contributed by atoms with Gasteiger partial charge in [0, 0.05) is 11.0 Å². The predicted molar refractivity (Wildman–Crippen MR) is 66.6 cm³/mol. The van der Waals surface area contributed by atoms with E-state index in [9.17, 15) is 9.59 Å². The van der Waals surface area contributed by atoms with Crippen LogP contribution < -0.4 is 4.74 Å². The molecule has 17 heavy (non-hydrogen) atoms. The van der Waals surface area contributed by atoms with Crippen molar-refractivity contribution in [1.82, 2.24) is 0 Å². The van der Waals surface area contributed by atoms with Gasteiger partial charge in [-0.05, 0) is 35.9 Å². The summed E-state index contributed by atoms with van der Waals surface area (Å²) >= 11 is 5.31. The van der Waals surface area contributed by atoms with E-state index in [0.717, 1.165) is 0 Å². The second-order valence-corrected chi connectivity index (χ2v) is 5.10. The third-order valence-electron chi connectivity index (χ3n) is 2.29. The molecule has 0 unspecified atom stereocenters. The lowest BCUT2D eigenvalue weighted by molar-refractivity contribution is -0.128. The van der Waals surface area contributed by atoms with Gasteiger partial charge in [0.25, 0.3) is 5.24 Å². The number of benzene rings is 1. The Balaban J connectivity index is 2.59. The van der Waals surface area contributed by atoms with E-state index in [1.807, 2.05) is 20.8 Å². The lowest BCUT2D eigenvalue weighted by Gasteiger charge is -2.16. The van der Waals surface area contributed by atoms with Crippen molar-refractivity contribution in [3.05, 3.63) is 29.8 Å². The van der Waals surface area contributed by atoms with Crippen molar-refractivity contribution < 1.29 is 14.3 Å². The first-order chi connectivity index (χ1) is 7.80. The Kier molecular flexibility index (Phi) is 4.29. The summed E-state index contributed by atoms with van der Waals surface area (Å²) in [5, 5.41) is -0.512. The van der Waals surface area contributed by atoms with Gasteiger partial charge in [0.1, 0.15) is 12.4 Å². The van der Waals surface area contributed by atoms with Crippen molar-refractivity contribution in [3.63, 3.8) is 0 Å². The van der Waals surface area contributed by atoms with Gasteiger partial charge in [0.2, 0.25) is 0 Å². The van der Waals surface area contributed by atoms with Crippen molar-refractivity contribution >= 4 is 22.6 Å². The van der Waals surface area contributed by atoms with Crippen LogP contribution in [0.15, 0.2) is 24.3 Å². The molecule has 0 aromatic heterocycles. The number of hydrogen-bond acceptors (Lipinski definition) is 3. The van der Waals surface area contributed by atoms with E-state index in [1.165, 1.54) is 0 Å². The van der Waals surface area contributed by atoms with E-state index in [-0.39, 0.29) is 12.4 Å². The quantitative estimate of drug-likeness (QED) is 0.776. The number of halogens is 1. The Morgan fingerprint density at radius 2 is 1.71 bits per heavy atom.